The molecule has 0 atom stereocenters. The van der Waals surface area contributed by atoms with E-state index in [4.69, 9.17) is 9.97 Å². The summed E-state index contributed by atoms with van der Waals surface area (Å²) >= 11 is 1.80. The summed E-state index contributed by atoms with van der Waals surface area (Å²) < 4.78 is 4.70. The van der Waals surface area contributed by atoms with Crippen molar-refractivity contribution in [1.82, 2.24) is 19.1 Å². The molecule has 1 aliphatic heterocycles. The van der Waals surface area contributed by atoms with Gasteiger partial charge in [0.1, 0.15) is 0 Å². The van der Waals surface area contributed by atoms with Crippen molar-refractivity contribution in [3.63, 3.8) is 0 Å². The summed E-state index contributed by atoms with van der Waals surface area (Å²) in [5.41, 5.74) is 8.81. The first kappa shape index (κ1) is 25.3. The Hall–Kier alpha value is -5.91. The number of aromatic nitrogens is 4. The summed E-state index contributed by atoms with van der Waals surface area (Å²) in [5, 5.41) is 8.42. The minimum Gasteiger partial charge on any atom is -0.309 e. The lowest BCUT2D eigenvalue weighted by Crippen LogP contribution is -2.05. The number of nitrogens with zero attached hydrogens (tertiary/aromatic N) is 4. The summed E-state index contributed by atoms with van der Waals surface area (Å²) in [6.45, 7) is 0. The summed E-state index contributed by atoms with van der Waals surface area (Å²) in [6, 6.07) is 52.3. The highest BCUT2D eigenvalue weighted by Crippen LogP contribution is 2.47. The molecule has 0 amide bonds. The van der Waals surface area contributed by atoms with E-state index in [0.717, 1.165) is 38.7 Å². The van der Waals surface area contributed by atoms with Crippen LogP contribution in [0.1, 0.15) is 0 Å². The summed E-state index contributed by atoms with van der Waals surface area (Å²) in [6.07, 6.45) is 0. The fourth-order valence-electron chi connectivity index (χ4n) is 7.70. The molecule has 10 aromatic rings. The Morgan fingerprint density at radius 3 is 1.94 bits per heavy atom. The van der Waals surface area contributed by atoms with Crippen LogP contribution in [0.2, 0.25) is 0 Å². The van der Waals surface area contributed by atoms with Crippen molar-refractivity contribution in [1.29, 1.82) is 0 Å². The molecule has 4 nitrogen and oxygen atoms in total. The molecule has 7 aromatic carbocycles. The van der Waals surface area contributed by atoms with Crippen LogP contribution in [0.15, 0.2) is 155 Å². The van der Waals surface area contributed by atoms with E-state index in [0.29, 0.717) is 5.95 Å². The molecule has 0 N–H and O–H groups in total. The maximum atomic E-state index is 5.39. The van der Waals surface area contributed by atoms with E-state index < -0.39 is 0 Å². The van der Waals surface area contributed by atoms with E-state index >= 15 is 0 Å². The van der Waals surface area contributed by atoms with Crippen LogP contribution >= 0.6 is 11.8 Å². The van der Waals surface area contributed by atoms with Gasteiger partial charge in [-0.2, -0.15) is 0 Å². The van der Waals surface area contributed by atoms with Crippen LogP contribution in [0.4, 0.5) is 0 Å². The van der Waals surface area contributed by atoms with Crippen molar-refractivity contribution < 1.29 is 0 Å². The zero-order valence-electron chi connectivity index (χ0n) is 25.1. The van der Waals surface area contributed by atoms with Crippen LogP contribution in [0.5, 0.6) is 0 Å². The Bertz CT molecular complexity index is 2940. The maximum Gasteiger partial charge on any atom is 0.235 e. The van der Waals surface area contributed by atoms with Gasteiger partial charge in [0.05, 0.1) is 39.0 Å². The molecule has 1 aliphatic rings. The molecule has 0 saturated carbocycles. The average molecular weight is 617 g/mol. The van der Waals surface area contributed by atoms with Gasteiger partial charge < -0.3 is 4.57 Å². The Balaban J connectivity index is 1.29. The third kappa shape index (κ3) is 3.44. The number of benzene rings is 7. The van der Waals surface area contributed by atoms with Crippen molar-refractivity contribution in [2.75, 3.05) is 0 Å². The van der Waals surface area contributed by atoms with E-state index in [9.17, 15) is 0 Å². The van der Waals surface area contributed by atoms with Crippen molar-refractivity contribution in [3.8, 4) is 22.9 Å². The molecule has 218 valence electrons. The molecule has 0 radical (unpaired) electrons. The lowest BCUT2D eigenvalue weighted by molar-refractivity contribution is 1.01. The Labute approximate surface area is 273 Å². The van der Waals surface area contributed by atoms with E-state index in [1.54, 1.807) is 11.8 Å². The van der Waals surface area contributed by atoms with Crippen molar-refractivity contribution in [3.05, 3.63) is 146 Å². The smallest absolute Gasteiger partial charge is 0.235 e. The van der Waals surface area contributed by atoms with Gasteiger partial charge in [0.15, 0.2) is 0 Å². The minimum atomic E-state index is 0.685. The zero-order chi connectivity index (χ0) is 30.6. The van der Waals surface area contributed by atoms with Gasteiger partial charge in [0.2, 0.25) is 5.95 Å². The molecule has 0 bridgehead atoms. The summed E-state index contributed by atoms with van der Waals surface area (Å²) in [7, 11) is 0. The van der Waals surface area contributed by atoms with Crippen LogP contribution in [0.3, 0.4) is 0 Å². The first-order valence-electron chi connectivity index (χ1n) is 15.8. The lowest BCUT2D eigenvalue weighted by Gasteiger charge is -2.20. The first-order valence-corrected chi connectivity index (χ1v) is 16.7. The lowest BCUT2D eigenvalue weighted by atomic mass is 10.1. The highest BCUT2D eigenvalue weighted by atomic mass is 32.2. The Morgan fingerprint density at radius 2 is 1.09 bits per heavy atom. The van der Waals surface area contributed by atoms with Gasteiger partial charge in [-0.1, -0.05) is 109 Å². The molecule has 0 unspecified atom stereocenters. The molecule has 5 heteroatoms. The fraction of sp³-hybridized carbons (Fsp3) is 0. The van der Waals surface area contributed by atoms with Gasteiger partial charge in [-0.15, -0.1) is 0 Å². The number of hydrogen-bond donors (Lipinski definition) is 0. The Morgan fingerprint density at radius 1 is 0.447 bits per heavy atom. The SMILES string of the molecule is c1ccc2c(c1)Sc1cccc3nc(-n4c5ccccc5c5cc6c7ccccc7n(-c7cccc8ccccc78)c6cc54)nc-2c13. The quantitative estimate of drug-likeness (QED) is 0.194. The maximum absolute atomic E-state index is 5.39. The number of para-hydroxylation sites is 2. The van der Waals surface area contributed by atoms with Gasteiger partial charge in [-0.05, 0) is 53.9 Å². The predicted molar refractivity (Wildman–Crippen MR) is 195 cm³/mol. The van der Waals surface area contributed by atoms with Crippen molar-refractivity contribution >= 4 is 77.0 Å². The van der Waals surface area contributed by atoms with Gasteiger partial charge in [-0.3, -0.25) is 4.57 Å². The normalized spacial score (nSPS) is 12.6. The van der Waals surface area contributed by atoms with Crippen LogP contribution in [0, 0.1) is 0 Å². The summed E-state index contributed by atoms with van der Waals surface area (Å²) in [4.78, 5) is 13.1. The number of fused-ring (bicyclic) bond motifs is 9. The van der Waals surface area contributed by atoms with Crippen LogP contribution in [0.25, 0.3) is 88.2 Å². The Kier molecular flexibility index (Phi) is 5.02. The highest BCUT2D eigenvalue weighted by molar-refractivity contribution is 7.99. The van der Waals surface area contributed by atoms with Crippen molar-refractivity contribution in [2.45, 2.75) is 9.79 Å². The molecule has 0 aliphatic carbocycles. The number of hydrogen-bond acceptors (Lipinski definition) is 3. The average Bonchev–Trinajstić information content (AvgIpc) is 3.62. The highest BCUT2D eigenvalue weighted by Gasteiger charge is 2.24. The van der Waals surface area contributed by atoms with E-state index in [-0.39, 0.29) is 0 Å². The molecule has 11 rings (SSSR count). The van der Waals surface area contributed by atoms with Gasteiger partial charge >= 0.3 is 0 Å². The van der Waals surface area contributed by atoms with Crippen LogP contribution in [-0.4, -0.2) is 19.1 Å². The molecule has 47 heavy (non-hydrogen) atoms. The van der Waals surface area contributed by atoms with Crippen molar-refractivity contribution in [2.24, 2.45) is 0 Å². The van der Waals surface area contributed by atoms with E-state index in [1.165, 1.54) is 53.3 Å². The molecule has 3 aromatic heterocycles. The van der Waals surface area contributed by atoms with E-state index in [1.807, 2.05) is 0 Å². The number of rotatable bonds is 2. The monoisotopic (exact) mass is 616 g/mol. The third-order valence-electron chi connectivity index (χ3n) is 9.71. The second kappa shape index (κ2) is 9.32. The minimum absolute atomic E-state index is 0.685. The topological polar surface area (TPSA) is 35.6 Å². The molecular weight excluding hydrogens is 593 g/mol. The fourth-order valence-corrected chi connectivity index (χ4v) is 8.81. The molecule has 0 fully saturated rings. The zero-order valence-corrected chi connectivity index (χ0v) is 25.9. The molecule has 4 heterocycles. The summed E-state index contributed by atoms with van der Waals surface area (Å²) in [5.74, 6) is 0.685. The first-order chi connectivity index (χ1) is 23.3. The van der Waals surface area contributed by atoms with Crippen LogP contribution < -0.4 is 0 Å². The van der Waals surface area contributed by atoms with E-state index in [2.05, 4.69) is 155 Å². The molecular formula is C42H24N4S. The standard InChI is InChI=1S/C42H24N4S/c1-2-13-26-25(11-1)12-9-20-33(26)45-34-18-6-3-14-27(34)30-23-31-28-15-4-7-19-35(28)46(37(31)24-36(30)45)42-43-32-17-10-22-39-40(32)41(44-42)29-16-5-8-21-38(29)47-39/h1-24H. The third-order valence-corrected chi connectivity index (χ3v) is 10.8. The largest absolute Gasteiger partial charge is 0.309 e. The molecule has 0 saturated heterocycles. The van der Waals surface area contributed by atoms with Gasteiger partial charge in [0, 0.05) is 47.7 Å². The second-order valence-electron chi connectivity index (χ2n) is 12.2. The second-order valence-corrected chi connectivity index (χ2v) is 13.3. The predicted octanol–water partition coefficient (Wildman–Crippen LogP) is 11.1. The molecule has 0 spiro atoms. The van der Waals surface area contributed by atoms with Crippen LogP contribution in [-0.2, 0) is 0 Å². The van der Waals surface area contributed by atoms with Gasteiger partial charge in [-0.25, -0.2) is 9.97 Å². The van der Waals surface area contributed by atoms with Gasteiger partial charge in [0.25, 0.3) is 0 Å².